The highest BCUT2D eigenvalue weighted by Gasteiger charge is 2.33. The molecule has 1 aromatic rings. The van der Waals surface area contributed by atoms with Crippen molar-refractivity contribution in [3.8, 4) is 0 Å². The fourth-order valence-electron chi connectivity index (χ4n) is 1.82. The van der Waals surface area contributed by atoms with Crippen molar-refractivity contribution < 1.29 is 14.8 Å². The van der Waals surface area contributed by atoms with Gasteiger partial charge in [-0.1, -0.05) is 18.5 Å². The molecule has 0 saturated carbocycles. The standard InChI is InChI=1S/C13H17ClN2O4/c1-4-15(13(2,3)12(17)18)8-9-5-6-10(16(19)20)7-11(9)14/h5-7H,4,8H2,1-3H3,(H,17,18). The van der Waals surface area contributed by atoms with Crippen molar-refractivity contribution in [2.45, 2.75) is 32.9 Å². The number of hydrogen-bond donors (Lipinski definition) is 1. The Morgan fingerprint density at radius 2 is 2.10 bits per heavy atom. The number of carboxylic acid groups (broad SMARTS) is 1. The third-order valence-electron chi connectivity index (χ3n) is 3.30. The summed E-state index contributed by atoms with van der Waals surface area (Å²) in [6.07, 6.45) is 0. The minimum atomic E-state index is -1.04. The molecule has 0 aliphatic rings. The molecule has 7 heteroatoms. The van der Waals surface area contributed by atoms with E-state index in [-0.39, 0.29) is 10.7 Å². The Hall–Kier alpha value is -1.66. The van der Waals surface area contributed by atoms with E-state index in [9.17, 15) is 20.0 Å². The lowest BCUT2D eigenvalue weighted by molar-refractivity contribution is -0.384. The van der Waals surface area contributed by atoms with Gasteiger partial charge in [-0.05, 0) is 32.0 Å². The third kappa shape index (κ3) is 3.46. The minimum absolute atomic E-state index is 0.0840. The number of nitro benzene ring substituents is 1. The molecule has 0 aliphatic carbocycles. The Morgan fingerprint density at radius 1 is 1.50 bits per heavy atom. The van der Waals surface area contributed by atoms with Crippen LogP contribution in [0.15, 0.2) is 18.2 Å². The van der Waals surface area contributed by atoms with Crippen LogP contribution in [0.3, 0.4) is 0 Å². The Morgan fingerprint density at radius 3 is 2.50 bits per heavy atom. The maximum Gasteiger partial charge on any atom is 0.323 e. The lowest BCUT2D eigenvalue weighted by Crippen LogP contribution is -2.49. The molecule has 0 fully saturated rings. The molecule has 0 aliphatic heterocycles. The van der Waals surface area contributed by atoms with E-state index in [1.165, 1.54) is 12.1 Å². The zero-order chi connectivity index (χ0) is 15.5. The van der Waals surface area contributed by atoms with Gasteiger partial charge < -0.3 is 5.11 Å². The van der Waals surface area contributed by atoms with Crippen molar-refractivity contribution >= 4 is 23.3 Å². The molecule has 0 saturated heterocycles. The first-order valence-corrected chi connectivity index (χ1v) is 6.49. The van der Waals surface area contributed by atoms with Gasteiger partial charge in [0.25, 0.3) is 5.69 Å². The number of benzene rings is 1. The van der Waals surface area contributed by atoms with Crippen LogP contribution in [0.4, 0.5) is 5.69 Å². The van der Waals surface area contributed by atoms with Gasteiger partial charge in [-0.3, -0.25) is 19.8 Å². The maximum absolute atomic E-state index is 11.3. The Kier molecular flexibility index (Phi) is 5.08. The first kappa shape index (κ1) is 16.4. The molecule has 0 heterocycles. The average Bonchev–Trinajstić information content (AvgIpc) is 2.36. The predicted octanol–water partition coefficient (Wildman–Crippen LogP) is 2.93. The van der Waals surface area contributed by atoms with E-state index in [0.717, 1.165) is 0 Å². The van der Waals surface area contributed by atoms with Gasteiger partial charge in [0.15, 0.2) is 0 Å². The van der Waals surface area contributed by atoms with Gasteiger partial charge in [0.2, 0.25) is 0 Å². The molecule has 1 aromatic carbocycles. The Balaban J connectivity index is 3.02. The SMILES string of the molecule is CCN(Cc1ccc([N+](=O)[O-])cc1Cl)C(C)(C)C(=O)O. The highest BCUT2D eigenvalue weighted by molar-refractivity contribution is 6.31. The van der Waals surface area contributed by atoms with E-state index < -0.39 is 16.4 Å². The summed E-state index contributed by atoms with van der Waals surface area (Å²) in [5.41, 5.74) is -0.465. The van der Waals surface area contributed by atoms with Crippen LogP contribution in [0.2, 0.25) is 5.02 Å². The van der Waals surface area contributed by atoms with Crippen LogP contribution < -0.4 is 0 Å². The molecular weight excluding hydrogens is 284 g/mol. The van der Waals surface area contributed by atoms with Crippen molar-refractivity contribution in [1.82, 2.24) is 4.90 Å². The average molecular weight is 301 g/mol. The summed E-state index contributed by atoms with van der Waals surface area (Å²) in [5.74, 6) is -0.933. The van der Waals surface area contributed by atoms with E-state index in [2.05, 4.69) is 0 Å². The van der Waals surface area contributed by atoms with Crippen molar-refractivity contribution in [1.29, 1.82) is 0 Å². The molecule has 0 spiro atoms. The molecule has 110 valence electrons. The van der Waals surface area contributed by atoms with Gasteiger partial charge in [-0.15, -0.1) is 0 Å². The molecule has 0 unspecified atom stereocenters. The highest BCUT2D eigenvalue weighted by atomic mass is 35.5. The molecule has 1 rings (SSSR count). The Labute approximate surface area is 122 Å². The zero-order valence-corrected chi connectivity index (χ0v) is 12.3. The van der Waals surface area contributed by atoms with E-state index in [1.54, 1.807) is 24.8 Å². The predicted molar refractivity (Wildman–Crippen MR) is 75.9 cm³/mol. The van der Waals surface area contributed by atoms with Crippen molar-refractivity contribution in [3.63, 3.8) is 0 Å². The van der Waals surface area contributed by atoms with Crippen LogP contribution in [0, 0.1) is 10.1 Å². The van der Waals surface area contributed by atoms with E-state index in [4.69, 9.17) is 11.6 Å². The second-order valence-corrected chi connectivity index (χ2v) is 5.32. The summed E-state index contributed by atoms with van der Waals surface area (Å²) in [6, 6.07) is 4.20. The molecule has 0 aromatic heterocycles. The molecule has 6 nitrogen and oxygen atoms in total. The number of hydrogen-bond acceptors (Lipinski definition) is 4. The van der Waals surface area contributed by atoms with Crippen LogP contribution in [-0.4, -0.2) is 33.0 Å². The fourth-order valence-corrected chi connectivity index (χ4v) is 2.06. The van der Waals surface area contributed by atoms with Gasteiger partial charge in [0, 0.05) is 18.7 Å². The quantitative estimate of drug-likeness (QED) is 0.645. The minimum Gasteiger partial charge on any atom is -0.480 e. The normalized spacial score (nSPS) is 11.7. The van der Waals surface area contributed by atoms with Crippen LogP contribution in [-0.2, 0) is 11.3 Å². The first-order valence-electron chi connectivity index (χ1n) is 6.11. The van der Waals surface area contributed by atoms with Gasteiger partial charge >= 0.3 is 5.97 Å². The smallest absolute Gasteiger partial charge is 0.323 e. The highest BCUT2D eigenvalue weighted by Crippen LogP contribution is 2.26. The summed E-state index contributed by atoms with van der Waals surface area (Å²) >= 11 is 6.03. The van der Waals surface area contributed by atoms with Gasteiger partial charge in [0.05, 0.1) is 9.95 Å². The van der Waals surface area contributed by atoms with Gasteiger partial charge in [-0.2, -0.15) is 0 Å². The largest absolute Gasteiger partial charge is 0.480 e. The fraction of sp³-hybridized carbons (Fsp3) is 0.462. The van der Waals surface area contributed by atoms with Crippen molar-refractivity contribution in [2.75, 3.05) is 6.54 Å². The van der Waals surface area contributed by atoms with Crippen LogP contribution >= 0.6 is 11.6 Å². The summed E-state index contributed by atoms with van der Waals surface area (Å²) in [4.78, 5) is 23.1. The number of nitro groups is 1. The number of nitrogens with zero attached hydrogens (tertiary/aromatic N) is 2. The lowest BCUT2D eigenvalue weighted by atomic mass is 10.0. The van der Waals surface area contributed by atoms with Crippen LogP contribution in [0.25, 0.3) is 0 Å². The number of rotatable bonds is 6. The zero-order valence-electron chi connectivity index (χ0n) is 11.6. The maximum atomic E-state index is 11.3. The first-order chi connectivity index (χ1) is 9.20. The molecule has 1 N–H and O–H groups in total. The molecule has 0 amide bonds. The molecule has 0 atom stereocenters. The summed E-state index contributed by atoms with van der Waals surface area (Å²) in [7, 11) is 0. The molecular formula is C13H17ClN2O4. The number of halogens is 1. The third-order valence-corrected chi connectivity index (χ3v) is 3.66. The number of carboxylic acids is 1. The topological polar surface area (TPSA) is 83.7 Å². The van der Waals surface area contributed by atoms with Crippen LogP contribution in [0.5, 0.6) is 0 Å². The molecule has 0 bridgehead atoms. The summed E-state index contributed by atoms with van der Waals surface area (Å²) < 4.78 is 0. The Bertz CT molecular complexity index is 531. The van der Waals surface area contributed by atoms with Gasteiger partial charge in [-0.25, -0.2) is 0 Å². The van der Waals surface area contributed by atoms with E-state index in [1.807, 2.05) is 6.92 Å². The van der Waals surface area contributed by atoms with E-state index in [0.29, 0.717) is 18.7 Å². The van der Waals surface area contributed by atoms with E-state index >= 15 is 0 Å². The summed E-state index contributed by atoms with van der Waals surface area (Å²) in [6.45, 7) is 5.90. The number of non-ortho nitro benzene ring substituents is 1. The number of likely N-dealkylation sites (N-methyl/N-ethyl adjacent to an activating group) is 1. The second-order valence-electron chi connectivity index (χ2n) is 4.91. The monoisotopic (exact) mass is 300 g/mol. The second kappa shape index (κ2) is 6.19. The molecule has 20 heavy (non-hydrogen) atoms. The van der Waals surface area contributed by atoms with Crippen molar-refractivity contribution in [2.24, 2.45) is 0 Å². The van der Waals surface area contributed by atoms with Crippen molar-refractivity contribution in [3.05, 3.63) is 38.9 Å². The number of aliphatic carboxylic acids is 1. The van der Waals surface area contributed by atoms with Gasteiger partial charge in [0.1, 0.15) is 5.54 Å². The van der Waals surface area contributed by atoms with Crippen LogP contribution in [0.1, 0.15) is 26.3 Å². The summed E-state index contributed by atoms with van der Waals surface area (Å²) in [5, 5.41) is 20.2. The lowest BCUT2D eigenvalue weighted by Gasteiger charge is -2.34. The number of carbonyl (C=O) groups is 1. The molecule has 0 radical (unpaired) electrons.